The van der Waals surface area contributed by atoms with Crippen LogP contribution in [0, 0.1) is 0 Å². The highest BCUT2D eigenvalue weighted by Crippen LogP contribution is 2.40. The summed E-state index contributed by atoms with van der Waals surface area (Å²) in [4.78, 5) is 15.9. The number of aryl methyl sites for hydroxylation is 1. The molecule has 10 heteroatoms. The molecule has 1 saturated carbocycles. The number of nitrogens with one attached hydrogen (secondary N) is 1. The Morgan fingerprint density at radius 1 is 1.12 bits per heavy atom. The highest BCUT2D eigenvalue weighted by Gasteiger charge is 2.40. The van der Waals surface area contributed by atoms with Gasteiger partial charge in [-0.2, -0.15) is 10.2 Å². The van der Waals surface area contributed by atoms with Crippen LogP contribution in [0.15, 0.2) is 29.1 Å². The van der Waals surface area contributed by atoms with E-state index in [4.69, 9.17) is 4.74 Å². The molecule has 3 heterocycles. The van der Waals surface area contributed by atoms with Gasteiger partial charge in [0.15, 0.2) is 0 Å². The van der Waals surface area contributed by atoms with Gasteiger partial charge in [0.05, 0.1) is 18.6 Å². The van der Waals surface area contributed by atoms with E-state index in [0.29, 0.717) is 24.5 Å². The van der Waals surface area contributed by atoms with E-state index in [1.807, 2.05) is 18.2 Å². The third kappa shape index (κ3) is 3.94. The van der Waals surface area contributed by atoms with E-state index >= 15 is 0 Å². The zero-order valence-corrected chi connectivity index (χ0v) is 18.4. The zero-order valence-electron chi connectivity index (χ0n) is 18.4. The summed E-state index contributed by atoms with van der Waals surface area (Å²) in [5.74, 6) is -2.19. The Kier molecular flexibility index (Phi) is 4.74. The lowest BCUT2D eigenvalue weighted by Crippen LogP contribution is -2.41. The summed E-state index contributed by atoms with van der Waals surface area (Å²) in [5, 5.41) is 12.5. The van der Waals surface area contributed by atoms with Crippen molar-refractivity contribution >= 4 is 16.6 Å². The SMILES string of the molecule is CN1CCN(c2cc(-c3n[nH]c4ccc(OC5(C)CC5)cc34)nn(C)c2=O)CC(F)(F)C1. The van der Waals surface area contributed by atoms with Gasteiger partial charge in [-0.1, -0.05) is 0 Å². The molecule has 5 rings (SSSR count). The third-order valence-electron chi connectivity index (χ3n) is 6.16. The van der Waals surface area contributed by atoms with Crippen LogP contribution in [-0.2, 0) is 7.05 Å². The van der Waals surface area contributed by atoms with Crippen molar-refractivity contribution in [3.05, 3.63) is 34.6 Å². The van der Waals surface area contributed by atoms with Crippen molar-refractivity contribution < 1.29 is 13.5 Å². The van der Waals surface area contributed by atoms with E-state index in [-0.39, 0.29) is 17.8 Å². The molecule has 0 atom stereocenters. The molecule has 1 aromatic carbocycles. The molecule has 3 aromatic rings. The van der Waals surface area contributed by atoms with Gasteiger partial charge in [0.1, 0.15) is 28.4 Å². The molecule has 32 heavy (non-hydrogen) atoms. The molecule has 170 valence electrons. The Morgan fingerprint density at radius 2 is 1.91 bits per heavy atom. The fraction of sp³-hybridized carbons (Fsp3) is 0.500. The lowest BCUT2D eigenvalue weighted by molar-refractivity contribution is -0.00941. The summed E-state index contributed by atoms with van der Waals surface area (Å²) in [5.41, 5.74) is 1.44. The fourth-order valence-corrected chi connectivity index (χ4v) is 4.13. The molecule has 2 aliphatic rings. The quantitative estimate of drug-likeness (QED) is 0.667. The molecule has 2 aromatic heterocycles. The summed E-state index contributed by atoms with van der Waals surface area (Å²) in [7, 11) is 3.18. The number of alkyl halides is 2. The van der Waals surface area contributed by atoms with Gasteiger partial charge in [-0.15, -0.1) is 0 Å². The monoisotopic (exact) mass is 444 g/mol. The highest BCUT2D eigenvalue weighted by atomic mass is 19.3. The molecule has 1 saturated heterocycles. The molecule has 2 fully saturated rings. The molecular formula is C22H26F2N6O2. The van der Waals surface area contributed by atoms with E-state index in [9.17, 15) is 13.6 Å². The maximum Gasteiger partial charge on any atom is 0.290 e. The Labute approximate surface area is 183 Å². The first-order valence-electron chi connectivity index (χ1n) is 10.7. The van der Waals surface area contributed by atoms with Crippen LogP contribution in [0.2, 0.25) is 0 Å². The van der Waals surface area contributed by atoms with Crippen LogP contribution < -0.4 is 15.2 Å². The van der Waals surface area contributed by atoms with Gasteiger partial charge >= 0.3 is 0 Å². The Balaban J connectivity index is 1.56. The smallest absolute Gasteiger partial charge is 0.290 e. The third-order valence-corrected chi connectivity index (χ3v) is 6.16. The minimum absolute atomic E-state index is 0.120. The molecule has 0 unspecified atom stereocenters. The number of likely N-dealkylation sites (N-methyl/N-ethyl adjacent to an activating group) is 1. The van der Waals surface area contributed by atoms with E-state index in [1.54, 1.807) is 18.0 Å². The summed E-state index contributed by atoms with van der Waals surface area (Å²) in [6, 6.07) is 7.25. The van der Waals surface area contributed by atoms with Crippen LogP contribution in [0.25, 0.3) is 22.3 Å². The van der Waals surface area contributed by atoms with Crippen molar-refractivity contribution in [1.29, 1.82) is 0 Å². The van der Waals surface area contributed by atoms with Gasteiger partial charge in [0.25, 0.3) is 11.5 Å². The molecule has 0 radical (unpaired) electrons. The topological polar surface area (TPSA) is 79.3 Å². The standard InChI is InChI=1S/C22H26F2N6O2/c1-21(6-7-21)32-14-4-5-16-15(10-14)19(26-25-16)17-11-18(20(31)29(3)27-17)30-9-8-28(2)12-22(23,24)13-30/h4-5,10-11H,6-9,12-13H2,1-3H3,(H,25,26). The average Bonchev–Trinajstić information content (AvgIpc) is 3.33. The molecule has 1 N–H and O–H groups in total. The van der Waals surface area contributed by atoms with Gasteiger partial charge in [-0.05, 0) is 51.1 Å². The van der Waals surface area contributed by atoms with Crippen molar-refractivity contribution in [2.45, 2.75) is 31.3 Å². The van der Waals surface area contributed by atoms with Gasteiger partial charge in [-0.3, -0.25) is 14.8 Å². The molecular weight excluding hydrogens is 418 g/mol. The molecule has 1 aliphatic carbocycles. The second-order valence-corrected chi connectivity index (χ2v) is 9.19. The predicted molar refractivity (Wildman–Crippen MR) is 117 cm³/mol. The van der Waals surface area contributed by atoms with Gasteiger partial charge in [-0.25, -0.2) is 13.5 Å². The summed E-state index contributed by atoms with van der Waals surface area (Å²) in [6.45, 7) is 1.97. The number of anilines is 1. The number of hydrogen-bond donors (Lipinski definition) is 1. The second-order valence-electron chi connectivity index (χ2n) is 9.19. The number of aromatic nitrogens is 4. The highest BCUT2D eigenvalue weighted by molar-refractivity contribution is 5.93. The molecule has 0 amide bonds. The number of halogens is 2. The van der Waals surface area contributed by atoms with E-state index in [1.165, 1.54) is 16.6 Å². The first-order chi connectivity index (χ1) is 15.1. The van der Waals surface area contributed by atoms with Crippen molar-refractivity contribution in [1.82, 2.24) is 24.9 Å². The van der Waals surface area contributed by atoms with Crippen LogP contribution in [0.1, 0.15) is 19.8 Å². The summed E-state index contributed by atoms with van der Waals surface area (Å²) < 4.78 is 36.1. The lowest BCUT2D eigenvalue weighted by atomic mass is 10.1. The van der Waals surface area contributed by atoms with Crippen molar-refractivity contribution in [3.8, 4) is 17.1 Å². The minimum Gasteiger partial charge on any atom is -0.488 e. The number of fused-ring (bicyclic) bond motifs is 1. The Bertz CT molecular complexity index is 1230. The average molecular weight is 444 g/mol. The van der Waals surface area contributed by atoms with Crippen LogP contribution in [0.3, 0.4) is 0 Å². The first kappa shape index (κ1) is 20.9. The maximum atomic E-state index is 14.4. The lowest BCUT2D eigenvalue weighted by Gasteiger charge is -2.25. The normalized spacial score (nSPS) is 20.3. The molecule has 0 bridgehead atoms. The molecule has 0 spiro atoms. The number of ether oxygens (including phenoxy) is 1. The number of H-pyrrole nitrogens is 1. The predicted octanol–water partition coefficient (Wildman–Crippen LogP) is 2.64. The van der Waals surface area contributed by atoms with E-state index in [2.05, 4.69) is 22.2 Å². The Morgan fingerprint density at radius 3 is 2.66 bits per heavy atom. The number of nitrogens with zero attached hydrogens (tertiary/aromatic N) is 5. The minimum atomic E-state index is -2.93. The van der Waals surface area contributed by atoms with Gasteiger partial charge in [0, 0.05) is 25.5 Å². The first-order valence-corrected chi connectivity index (χ1v) is 10.7. The van der Waals surface area contributed by atoms with E-state index in [0.717, 1.165) is 29.5 Å². The van der Waals surface area contributed by atoms with Crippen LogP contribution in [0.4, 0.5) is 14.5 Å². The summed E-state index contributed by atoms with van der Waals surface area (Å²) in [6.07, 6.45) is 2.04. The largest absolute Gasteiger partial charge is 0.488 e. The van der Waals surface area contributed by atoms with Crippen LogP contribution in [-0.4, -0.2) is 69.6 Å². The van der Waals surface area contributed by atoms with Crippen LogP contribution in [0.5, 0.6) is 5.75 Å². The zero-order chi connectivity index (χ0) is 22.7. The number of benzene rings is 1. The van der Waals surface area contributed by atoms with Gasteiger partial charge in [0.2, 0.25) is 0 Å². The molecule has 1 aliphatic heterocycles. The Hall–Kier alpha value is -3.01. The van der Waals surface area contributed by atoms with Crippen molar-refractivity contribution in [2.75, 3.05) is 38.1 Å². The van der Waals surface area contributed by atoms with Crippen molar-refractivity contribution in [2.24, 2.45) is 7.05 Å². The maximum absolute atomic E-state index is 14.4. The number of hydrogen-bond acceptors (Lipinski definition) is 6. The second kappa shape index (κ2) is 7.26. The van der Waals surface area contributed by atoms with Crippen LogP contribution >= 0.6 is 0 Å². The summed E-state index contributed by atoms with van der Waals surface area (Å²) >= 11 is 0. The van der Waals surface area contributed by atoms with Crippen molar-refractivity contribution in [3.63, 3.8) is 0 Å². The fourth-order valence-electron chi connectivity index (χ4n) is 4.13. The number of aromatic amines is 1. The van der Waals surface area contributed by atoms with Gasteiger partial charge < -0.3 is 9.64 Å². The number of rotatable bonds is 4. The molecule has 8 nitrogen and oxygen atoms in total. The van der Waals surface area contributed by atoms with E-state index < -0.39 is 18.0 Å².